The van der Waals surface area contributed by atoms with Gasteiger partial charge in [0.15, 0.2) is 0 Å². The first-order chi connectivity index (χ1) is 16.4. The van der Waals surface area contributed by atoms with Crippen LogP contribution in [0.25, 0.3) is 23.3 Å². The van der Waals surface area contributed by atoms with E-state index in [0.29, 0.717) is 11.1 Å². The Kier molecular flexibility index (Phi) is 7.77. The van der Waals surface area contributed by atoms with Gasteiger partial charge >= 0.3 is 12.1 Å². The number of nitrogens with one attached hydrogen (secondary N) is 1. The van der Waals surface area contributed by atoms with Crippen molar-refractivity contribution in [2.45, 2.75) is 32.1 Å². The molecular weight excluding hydrogens is 462 g/mol. The SMILES string of the molecule is Cc1c(/C=C/c2cc(CNC(C)(CO)C(=O)O)ccc2C(F)(F)F)cccc1-c1ccc(F)cc1. The van der Waals surface area contributed by atoms with Crippen molar-refractivity contribution in [3.63, 3.8) is 0 Å². The minimum atomic E-state index is -4.59. The maximum atomic E-state index is 13.6. The predicted octanol–water partition coefficient (Wildman–Crippen LogP) is 5.92. The lowest BCUT2D eigenvalue weighted by atomic mass is 9.95. The van der Waals surface area contributed by atoms with Crippen LogP contribution in [0.3, 0.4) is 0 Å². The van der Waals surface area contributed by atoms with Crippen molar-refractivity contribution in [2.24, 2.45) is 0 Å². The quantitative estimate of drug-likeness (QED) is 0.273. The van der Waals surface area contributed by atoms with Crippen molar-refractivity contribution in [1.29, 1.82) is 0 Å². The molecule has 0 radical (unpaired) electrons. The van der Waals surface area contributed by atoms with Crippen LogP contribution in [0.4, 0.5) is 17.6 Å². The summed E-state index contributed by atoms with van der Waals surface area (Å²) in [4.78, 5) is 11.4. The Bertz CT molecular complexity index is 1240. The molecule has 0 aliphatic rings. The third-order valence-electron chi connectivity index (χ3n) is 5.87. The van der Waals surface area contributed by atoms with Gasteiger partial charge in [0.2, 0.25) is 0 Å². The zero-order valence-electron chi connectivity index (χ0n) is 19.2. The Labute approximate surface area is 200 Å². The molecule has 0 amide bonds. The van der Waals surface area contributed by atoms with Crippen LogP contribution in [0.15, 0.2) is 60.7 Å². The Hall–Kier alpha value is -3.49. The van der Waals surface area contributed by atoms with Gasteiger partial charge in [-0.3, -0.25) is 10.1 Å². The third-order valence-corrected chi connectivity index (χ3v) is 5.87. The molecule has 0 bridgehead atoms. The molecule has 3 N–H and O–H groups in total. The number of aliphatic carboxylic acids is 1. The molecule has 3 aromatic rings. The average molecular weight is 487 g/mol. The van der Waals surface area contributed by atoms with Gasteiger partial charge in [-0.2, -0.15) is 13.2 Å². The minimum absolute atomic E-state index is 0.0541. The number of hydrogen-bond donors (Lipinski definition) is 3. The number of aliphatic hydroxyl groups excluding tert-OH is 1. The monoisotopic (exact) mass is 487 g/mol. The summed E-state index contributed by atoms with van der Waals surface area (Å²) in [7, 11) is 0. The van der Waals surface area contributed by atoms with Crippen molar-refractivity contribution >= 4 is 18.1 Å². The number of aliphatic hydroxyl groups is 1. The van der Waals surface area contributed by atoms with Gasteiger partial charge in [-0.25, -0.2) is 4.39 Å². The van der Waals surface area contributed by atoms with E-state index < -0.39 is 29.9 Å². The number of hydrogen-bond acceptors (Lipinski definition) is 3. The molecule has 1 unspecified atom stereocenters. The fourth-order valence-electron chi connectivity index (χ4n) is 3.57. The molecule has 0 saturated heterocycles. The van der Waals surface area contributed by atoms with E-state index in [0.717, 1.165) is 22.8 Å². The molecule has 8 heteroatoms. The van der Waals surface area contributed by atoms with Crippen molar-refractivity contribution in [3.8, 4) is 11.1 Å². The Balaban J connectivity index is 1.95. The van der Waals surface area contributed by atoms with E-state index in [1.54, 1.807) is 30.3 Å². The van der Waals surface area contributed by atoms with E-state index >= 15 is 0 Å². The molecule has 0 fully saturated rings. The second-order valence-corrected chi connectivity index (χ2v) is 8.43. The topological polar surface area (TPSA) is 69.6 Å². The summed E-state index contributed by atoms with van der Waals surface area (Å²) in [6.45, 7) is 2.39. The summed E-state index contributed by atoms with van der Waals surface area (Å²) in [6.07, 6.45) is -1.64. The highest BCUT2D eigenvalue weighted by molar-refractivity contribution is 5.79. The molecule has 0 heterocycles. The highest BCUT2D eigenvalue weighted by atomic mass is 19.4. The van der Waals surface area contributed by atoms with Crippen LogP contribution in [-0.2, 0) is 17.5 Å². The Morgan fingerprint density at radius 2 is 1.66 bits per heavy atom. The lowest BCUT2D eigenvalue weighted by molar-refractivity contribution is -0.146. The van der Waals surface area contributed by atoms with Crippen molar-refractivity contribution < 1.29 is 32.6 Å². The molecule has 0 aromatic heterocycles. The lowest BCUT2D eigenvalue weighted by Crippen LogP contribution is -2.52. The van der Waals surface area contributed by atoms with Crippen LogP contribution in [0.5, 0.6) is 0 Å². The van der Waals surface area contributed by atoms with Crippen molar-refractivity contribution in [3.05, 3.63) is 94.3 Å². The van der Waals surface area contributed by atoms with Gasteiger partial charge in [0, 0.05) is 6.54 Å². The first-order valence-corrected chi connectivity index (χ1v) is 10.8. The third kappa shape index (κ3) is 6.15. The van der Waals surface area contributed by atoms with Crippen molar-refractivity contribution in [1.82, 2.24) is 5.32 Å². The van der Waals surface area contributed by atoms with E-state index in [2.05, 4.69) is 5.32 Å². The number of carbonyl (C=O) groups is 1. The average Bonchev–Trinajstić information content (AvgIpc) is 2.81. The number of alkyl halides is 3. The zero-order chi connectivity index (χ0) is 25.8. The van der Waals surface area contributed by atoms with Crippen LogP contribution in [-0.4, -0.2) is 28.3 Å². The van der Waals surface area contributed by atoms with Gasteiger partial charge in [0.05, 0.1) is 12.2 Å². The van der Waals surface area contributed by atoms with Crippen LogP contribution >= 0.6 is 0 Å². The number of carboxylic acids is 1. The smallest absolute Gasteiger partial charge is 0.416 e. The van der Waals surface area contributed by atoms with E-state index in [1.807, 2.05) is 13.0 Å². The summed E-state index contributed by atoms with van der Waals surface area (Å²) >= 11 is 0. The van der Waals surface area contributed by atoms with Crippen LogP contribution in [0.1, 0.15) is 34.7 Å². The zero-order valence-corrected chi connectivity index (χ0v) is 19.2. The molecule has 35 heavy (non-hydrogen) atoms. The molecule has 0 aliphatic carbocycles. The number of rotatable bonds is 8. The maximum Gasteiger partial charge on any atom is 0.416 e. The molecule has 0 aliphatic heterocycles. The highest BCUT2D eigenvalue weighted by Crippen LogP contribution is 2.34. The van der Waals surface area contributed by atoms with Gasteiger partial charge in [0.25, 0.3) is 0 Å². The minimum Gasteiger partial charge on any atom is -0.480 e. The standard InChI is InChI=1S/C27H25F4NO3/c1-17-19(4-3-5-23(17)20-9-11-22(28)12-10-20)7-8-21-14-18(6-13-24(21)27(29,30)31)15-32-26(2,16-33)25(34)35/h3-14,32-33H,15-16H2,1-2H3,(H,34,35)/b8-7+. The fraction of sp³-hybridized carbons (Fsp3) is 0.222. The van der Waals surface area contributed by atoms with Gasteiger partial charge in [-0.1, -0.05) is 48.6 Å². The normalized spacial score (nSPS) is 13.7. The predicted molar refractivity (Wildman–Crippen MR) is 127 cm³/mol. The first-order valence-electron chi connectivity index (χ1n) is 10.8. The molecule has 0 spiro atoms. The second-order valence-electron chi connectivity index (χ2n) is 8.43. The lowest BCUT2D eigenvalue weighted by Gasteiger charge is -2.24. The van der Waals surface area contributed by atoms with E-state index in [9.17, 15) is 32.6 Å². The summed E-state index contributed by atoms with van der Waals surface area (Å²) in [5.74, 6) is -1.64. The number of halogens is 4. The molecule has 1 atom stereocenters. The van der Waals surface area contributed by atoms with Crippen LogP contribution in [0, 0.1) is 12.7 Å². The largest absolute Gasteiger partial charge is 0.480 e. The summed E-state index contributed by atoms with van der Waals surface area (Å²) in [5, 5.41) is 21.3. The molecule has 4 nitrogen and oxygen atoms in total. The molecule has 3 aromatic carbocycles. The number of benzene rings is 3. The highest BCUT2D eigenvalue weighted by Gasteiger charge is 2.34. The number of carboxylic acid groups (broad SMARTS) is 1. The van der Waals surface area contributed by atoms with Gasteiger partial charge in [-0.15, -0.1) is 0 Å². The summed E-state index contributed by atoms with van der Waals surface area (Å²) < 4.78 is 54.2. The molecule has 3 rings (SSSR count). The van der Waals surface area contributed by atoms with Crippen molar-refractivity contribution in [2.75, 3.05) is 6.61 Å². The van der Waals surface area contributed by atoms with E-state index in [1.165, 1.54) is 37.3 Å². The van der Waals surface area contributed by atoms with Gasteiger partial charge in [-0.05, 0) is 71.5 Å². The molecule has 184 valence electrons. The summed E-state index contributed by atoms with van der Waals surface area (Å²) in [6, 6.07) is 14.9. The first kappa shape index (κ1) is 26.1. The second kappa shape index (κ2) is 10.4. The van der Waals surface area contributed by atoms with Crippen LogP contribution in [0.2, 0.25) is 0 Å². The van der Waals surface area contributed by atoms with Crippen LogP contribution < -0.4 is 5.32 Å². The summed E-state index contributed by atoms with van der Waals surface area (Å²) in [5.41, 5.74) is 1.03. The Morgan fingerprint density at radius 3 is 2.26 bits per heavy atom. The van der Waals surface area contributed by atoms with E-state index in [4.69, 9.17) is 0 Å². The Morgan fingerprint density at radius 1 is 1.00 bits per heavy atom. The molecule has 0 saturated carbocycles. The van der Waals surface area contributed by atoms with E-state index in [-0.39, 0.29) is 17.9 Å². The molecular formula is C27H25F4NO3. The maximum absolute atomic E-state index is 13.6. The fourth-order valence-corrected chi connectivity index (χ4v) is 3.57. The van der Waals surface area contributed by atoms with Gasteiger partial charge < -0.3 is 10.2 Å². The van der Waals surface area contributed by atoms with Gasteiger partial charge in [0.1, 0.15) is 11.4 Å².